The quantitative estimate of drug-likeness (QED) is 0.376. The van der Waals surface area contributed by atoms with Crippen molar-refractivity contribution in [2.45, 2.75) is 11.1 Å². The van der Waals surface area contributed by atoms with Crippen LogP contribution in [-0.4, -0.2) is 47.7 Å². The molecule has 1 amide bonds. The van der Waals surface area contributed by atoms with Gasteiger partial charge in [-0.1, -0.05) is 18.2 Å². The van der Waals surface area contributed by atoms with Crippen LogP contribution in [0.15, 0.2) is 77.7 Å². The van der Waals surface area contributed by atoms with Crippen molar-refractivity contribution in [3.63, 3.8) is 0 Å². The third-order valence-corrected chi connectivity index (χ3v) is 8.24. The van der Waals surface area contributed by atoms with Crippen molar-refractivity contribution in [2.24, 2.45) is 0 Å². The van der Waals surface area contributed by atoms with Gasteiger partial charge in [0.05, 0.1) is 16.1 Å². The van der Waals surface area contributed by atoms with Crippen molar-refractivity contribution in [3.05, 3.63) is 84.2 Å². The molecule has 0 heterocycles. The van der Waals surface area contributed by atoms with E-state index in [0.29, 0.717) is 10.4 Å². The van der Waals surface area contributed by atoms with Crippen molar-refractivity contribution in [1.29, 1.82) is 0 Å². The van der Waals surface area contributed by atoms with Crippen LogP contribution >= 0.6 is 0 Å². The highest BCUT2D eigenvalue weighted by atomic mass is 32.2. The average Bonchev–Trinajstić information content (AvgIpc) is 2.82. The van der Waals surface area contributed by atoms with Gasteiger partial charge in [-0.2, -0.15) is 25.9 Å². The van der Waals surface area contributed by atoms with E-state index >= 15 is 0 Å². The number of alkyl halides is 3. The Morgan fingerprint density at radius 3 is 2.08 bits per heavy atom. The molecule has 15 heteroatoms. The number of carbonyl (C=O) groups excluding carboxylic acids is 1. The molecule has 2 N–H and O–H groups in total. The van der Waals surface area contributed by atoms with Crippen LogP contribution in [-0.2, 0) is 31.2 Å². The average molecular weight is 575 g/mol. The molecule has 204 valence electrons. The predicted molar refractivity (Wildman–Crippen MR) is 134 cm³/mol. The van der Waals surface area contributed by atoms with Gasteiger partial charge >= 0.3 is 16.4 Å². The van der Waals surface area contributed by atoms with Crippen molar-refractivity contribution >= 4 is 43.2 Å². The second kappa shape index (κ2) is 11.0. The van der Waals surface area contributed by atoms with Crippen molar-refractivity contribution in [3.8, 4) is 0 Å². The Balaban J connectivity index is 1.76. The summed E-state index contributed by atoms with van der Waals surface area (Å²) in [6.07, 6.45) is -4.66. The topological polar surface area (TPSA) is 116 Å². The molecule has 0 aliphatic carbocycles. The lowest BCUT2D eigenvalue weighted by atomic mass is 10.2. The molecule has 3 aromatic rings. The minimum absolute atomic E-state index is 0.0868. The van der Waals surface area contributed by atoms with Gasteiger partial charge in [0.25, 0.3) is 10.0 Å². The number of rotatable bonds is 9. The van der Waals surface area contributed by atoms with E-state index in [1.807, 2.05) is 0 Å². The normalized spacial score (nSPS) is 12.3. The summed E-state index contributed by atoms with van der Waals surface area (Å²) in [5.74, 6) is -1.72. The fourth-order valence-corrected chi connectivity index (χ4v) is 5.28. The van der Waals surface area contributed by atoms with Gasteiger partial charge in [-0.05, 0) is 54.6 Å². The number of halogens is 4. The van der Waals surface area contributed by atoms with Gasteiger partial charge in [0.15, 0.2) is 0 Å². The molecule has 0 unspecified atom stereocenters. The third-order valence-electron chi connectivity index (χ3n) is 5.04. The van der Waals surface area contributed by atoms with Crippen LogP contribution in [0.3, 0.4) is 0 Å². The Hall–Kier alpha value is -3.69. The fraction of sp³-hybridized carbons (Fsp3) is 0.174. The zero-order valence-corrected chi connectivity index (χ0v) is 21.5. The zero-order valence-electron chi connectivity index (χ0n) is 19.9. The van der Waals surface area contributed by atoms with Gasteiger partial charge < -0.3 is 5.32 Å². The van der Waals surface area contributed by atoms with E-state index in [4.69, 9.17) is 0 Å². The molecular formula is C23H22F4N4O5S2. The Kier molecular flexibility index (Phi) is 8.33. The van der Waals surface area contributed by atoms with Gasteiger partial charge in [0.2, 0.25) is 5.91 Å². The number of para-hydroxylation sites is 1. The van der Waals surface area contributed by atoms with Gasteiger partial charge in [-0.3, -0.25) is 9.52 Å². The number of nitrogens with one attached hydrogen (secondary N) is 2. The van der Waals surface area contributed by atoms with E-state index in [-0.39, 0.29) is 22.0 Å². The SMILES string of the molecule is CN(C)S(=O)(=O)N(CC(=O)Nc1ccc(S(=O)(=O)Nc2cccc(C(F)(F)F)c2)cc1)c1ccccc1F. The molecule has 3 aromatic carbocycles. The van der Waals surface area contributed by atoms with Gasteiger partial charge in [-0.15, -0.1) is 0 Å². The van der Waals surface area contributed by atoms with E-state index in [1.165, 1.54) is 44.4 Å². The first-order valence-corrected chi connectivity index (χ1v) is 13.5. The molecule has 0 aliphatic rings. The van der Waals surface area contributed by atoms with E-state index in [1.54, 1.807) is 0 Å². The second-order valence-electron chi connectivity index (χ2n) is 8.00. The first-order chi connectivity index (χ1) is 17.6. The van der Waals surface area contributed by atoms with Crippen LogP contribution in [0.2, 0.25) is 0 Å². The zero-order chi connectivity index (χ0) is 28.3. The van der Waals surface area contributed by atoms with Gasteiger partial charge in [0, 0.05) is 25.5 Å². The highest BCUT2D eigenvalue weighted by Gasteiger charge is 2.31. The Labute approximate surface area is 216 Å². The monoisotopic (exact) mass is 574 g/mol. The number of amides is 1. The summed E-state index contributed by atoms with van der Waals surface area (Å²) in [4.78, 5) is 12.3. The molecule has 0 atom stereocenters. The lowest BCUT2D eigenvalue weighted by Crippen LogP contribution is -2.44. The fourth-order valence-electron chi connectivity index (χ4n) is 3.16. The minimum atomic E-state index is -4.66. The molecule has 0 aromatic heterocycles. The van der Waals surface area contributed by atoms with E-state index in [9.17, 15) is 39.2 Å². The lowest BCUT2D eigenvalue weighted by Gasteiger charge is -2.27. The summed E-state index contributed by atoms with van der Waals surface area (Å²) in [6, 6.07) is 13.2. The Bertz CT molecular complexity index is 1530. The largest absolute Gasteiger partial charge is 0.416 e. The summed E-state index contributed by atoms with van der Waals surface area (Å²) in [5.41, 5.74) is -1.59. The van der Waals surface area contributed by atoms with E-state index in [2.05, 4.69) is 10.0 Å². The number of hydrogen-bond donors (Lipinski definition) is 2. The predicted octanol–water partition coefficient (Wildman–Crippen LogP) is 3.90. The maximum Gasteiger partial charge on any atom is 0.416 e. The maximum atomic E-state index is 14.3. The summed E-state index contributed by atoms with van der Waals surface area (Å²) in [6.45, 7) is -0.793. The Morgan fingerprint density at radius 2 is 1.50 bits per heavy atom. The lowest BCUT2D eigenvalue weighted by molar-refractivity contribution is -0.137. The van der Waals surface area contributed by atoms with Crippen molar-refractivity contribution in [2.75, 3.05) is 35.0 Å². The number of carbonyl (C=O) groups is 1. The van der Waals surface area contributed by atoms with E-state index < -0.39 is 50.2 Å². The van der Waals surface area contributed by atoms with Gasteiger partial charge in [-0.25, -0.2) is 17.1 Å². The molecular weight excluding hydrogens is 552 g/mol. The standard InChI is InChI=1S/C23H22F4N4O5S2/c1-30(2)38(35,36)31(21-9-4-3-8-20(21)24)15-22(32)28-17-10-12-19(13-11-17)37(33,34)29-18-7-5-6-16(14-18)23(25,26)27/h3-14,29H,15H2,1-2H3,(H,28,32). The summed E-state index contributed by atoms with van der Waals surface area (Å²) < 4.78 is 107. The molecule has 0 spiro atoms. The van der Waals surface area contributed by atoms with Crippen LogP contribution in [0.1, 0.15) is 5.56 Å². The number of benzene rings is 3. The van der Waals surface area contributed by atoms with Crippen LogP contribution in [0.4, 0.5) is 34.6 Å². The number of anilines is 3. The molecule has 3 rings (SSSR count). The second-order valence-corrected chi connectivity index (χ2v) is 11.8. The van der Waals surface area contributed by atoms with Crippen LogP contribution in [0, 0.1) is 5.82 Å². The molecule has 0 bridgehead atoms. The molecule has 38 heavy (non-hydrogen) atoms. The van der Waals surface area contributed by atoms with E-state index in [0.717, 1.165) is 40.7 Å². The molecule has 0 fully saturated rings. The number of nitrogens with zero attached hydrogens (tertiary/aromatic N) is 2. The highest BCUT2D eigenvalue weighted by Crippen LogP contribution is 2.31. The first-order valence-electron chi connectivity index (χ1n) is 10.7. The molecule has 0 radical (unpaired) electrons. The molecule has 9 nitrogen and oxygen atoms in total. The highest BCUT2D eigenvalue weighted by molar-refractivity contribution is 7.92. The number of sulfonamides is 1. The molecule has 0 aliphatic heterocycles. The summed E-state index contributed by atoms with van der Waals surface area (Å²) in [5, 5.41) is 2.40. The molecule has 0 saturated carbocycles. The first kappa shape index (κ1) is 28.9. The van der Waals surface area contributed by atoms with Crippen LogP contribution < -0.4 is 14.3 Å². The van der Waals surface area contributed by atoms with Gasteiger partial charge in [0.1, 0.15) is 12.4 Å². The Morgan fingerprint density at radius 1 is 0.868 bits per heavy atom. The van der Waals surface area contributed by atoms with Crippen molar-refractivity contribution < 1.29 is 39.2 Å². The summed E-state index contributed by atoms with van der Waals surface area (Å²) in [7, 11) is -6.10. The molecule has 0 saturated heterocycles. The van der Waals surface area contributed by atoms with Crippen LogP contribution in [0.5, 0.6) is 0 Å². The third kappa shape index (κ3) is 6.79. The van der Waals surface area contributed by atoms with Crippen LogP contribution in [0.25, 0.3) is 0 Å². The summed E-state index contributed by atoms with van der Waals surface area (Å²) >= 11 is 0. The smallest absolute Gasteiger partial charge is 0.325 e. The van der Waals surface area contributed by atoms with Crippen molar-refractivity contribution in [1.82, 2.24) is 4.31 Å². The number of hydrogen-bond acceptors (Lipinski definition) is 5. The minimum Gasteiger partial charge on any atom is -0.325 e. The maximum absolute atomic E-state index is 14.3.